The Balaban J connectivity index is 1.96. The molecule has 0 N–H and O–H groups in total. The fourth-order valence-corrected chi connectivity index (χ4v) is 3.58. The maximum atomic E-state index is 6.26. The zero-order valence-electron chi connectivity index (χ0n) is 16.5. The second-order valence-corrected chi connectivity index (χ2v) is 6.89. The van der Waals surface area contributed by atoms with Crippen molar-refractivity contribution in [1.29, 1.82) is 0 Å². The molecule has 0 aromatic heterocycles. The summed E-state index contributed by atoms with van der Waals surface area (Å²) in [5.41, 5.74) is 1.28. The van der Waals surface area contributed by atoms with Crippen LogP contribution in [0.25, 0.3) is 0 Å². The van der Waals surface area contributed by atoms with Crippen LogP contribution in [0, 0.1) is 11.8 Å². The van der Waals surface area contributed by atoms with Gasteiger partial charge in [0.2, 0.25) is 0 Å². The van der Waals surface area contributed by atoms with Gasteiger partial charge < -0.3 is 14.2 Å². The van der Waals surface area contributed by atoms with Gasteiger partial charge in [-0.3, -0.25) is 0 Å². The molecule has 27 heavy (non-hydrogen) atoms. The van der Waals surface area contributed by atoms with Crippen molar-refractivity contribution >= 4 is 0 Å². The van der Waals surface area contributed by atoms with Crippen molar-refractivity contribution in [2.45, 2.75) is 50.7 Å². The molecule has 0 radical (unpaired) electrons. The monoisotopic (exact) mass is 364 g/mol. The van der Waals surface area contributed by atoms with Gasteiger partial charge in [0.15, 0.2) is 17.1 Å². The van der Waals surface area contributed by atoms with Gasteiger partial charge in [0.05, 0.1) is 13.2 Å². The molecular formula is C24H28O3. The summed E-state index contributed by atoms with van der Waals surface area (Å²) in [5.74, 6) is 8.14. The summed E-state index contributed by atoms with van der Waals surface area (Å²) in [7, 11) is 3.39. The summed E-state index contributed by atoms with van der Waals surface area (Å²) < 4.78 is 17.7. The van der Waals surface area contributed by atoms with Gasteiger partial charge in [-0.05, 0) is 61.9 Å². The van der Waals surface area contributed by atoms with Crippen LogP contribution >= 0.6 is 0 Å². The zero-order chi connectivity index (χ0) is 19.1. The van der Waals surface area contributed by atoms with E-state index in [0.717, 1.165) is 41.9 Å². The van der Waals surface area contributed by atoms with Crippen LogP contribution < -0.4 is 9.47 Å². The van der Waals surface area contributed by atoms with Gasteiger partial charge in [0, 0.05) is 12.7 Å². The zero-order valence-corrected chi connectivity index (χ0v) is 16.5. The average molecular weight is 364 g/mol. The predicted molar refractivity (Wildman–Crippen MR) is 108 cm³/mol. The topological polar surface area (TPSA) is 27.7 Å². The van der Waals surface area contributed by atoms with E-state index in [1.165, 1.54) is 12.8 Å². The van der Waals surface area contributed by atoms with Gasteiger partial charge in [-0.15, -0.1) is 0 Å². The highest BCUT2D eigenvalue weighted by molar-refractivity contribution is 5.48. The van der Waals surface area contributed by atoms with Gasteiger partial charge in [-0.25, -0.2) is 0 Å². The number of benzene rings is 2. The van der Waals surface area contributed by atoms with Crippen molar-refractivity contribution in [3.8, 4) is 23.3 Å². The molecule has 3 nitrogen and oxygen atoms in total. The molecule has 1 atom stereocenters. The molecule has 3 rings (SSSR count). The third-order valence-corrected chi connectivity index (χ3v) is 5.25. The summed E-state index contributed by atoms with van der Waals surface area (Å²) >= 11 is 0. The van der Waals surface area contributed by atoms with E-state index in [1.807, 2.05) is 48.5 Å². The van der Waals surface area contributed by atoms with Crippen molar-refractivity contribution in [3.05, 3.63) is 59.7 Å². The summed E-state index contributed by atoms with van der Waals surface area (Å²) in [5, 5.41) is 0. The molecule has 3 heteroatoms. The first kappa shape index (κ1) is 19.3. The van der Waals surface area contributed by atoms with E-state index in [-0.39, 0.29) is 6.10 Å². The lowest BCUT2D eigenvalue weighted by Crippen LogP contribution is -2.26. The molecule has 2 aromatic rings. The first-order valence-electron chi connectivity index (χ1n) is 9.69. The third kappa shape index (κ3) is 4.46. The molecular weight excluding hydrogens is 336 g/mol. The van der Waals surface area contributed by atoms with Crippen LogP contribution in [0.4, 0.5) is 0 Å². The fraction of sp³-hybridized carbons (Fsp3) is 0.417. The lowest BCUT2D eigenvalue weighted by molar-refractivity contribution is 0.0343. The Bertz CT molecular complexity index is 791. The van der Waals surface area contributed by atoms with Crippen LogP contribution in [0.5, 0.6) is 11.5 Å². The average Bonchev–Trinajstić information content (AvgIpc) is 3.23. The fourth-order valence-electron chi connectivity index (χ4n) is 3.58. The van der Waals surface area contributed by atoms with Gasteiger partial charge in [-0.1, -0.05) is 43.0 Å². The van der Waals surface area contributed by atoms with Gasteiger partial charge in [-0.2, -0.15) is 0 Å². The van der Waals surface area contributed by atoms with Crippen LogP contribution in [0.1, 0.15) is 50.2 Å². The summed E-state index contributed by atoms with van der Waals surface area (Å²) in [4.78, 5) is 0. The molecule has 1 aliphatic rings. The maximum absolute atomic E-state index is 6.26. The minimum atomic E-state index is -0.685. The van der Waals surface area contributed by atoms with Crippen LogP contribution in [-0.4, -0.2) is 20.3 Å². The summed E-state index contributed by atoms with van der Waals surface area (Å²) in [6.45, 7) is 2.09. The minimum absolute atomic E-state index is 0.267. The lowest BCUT2D eigenvalue weighted by Gasteiger charge is -2.27. The van der Waals surface area contributed by atoms with Crippen LogP contribution in [0.3, 0.4) is 0 Å². The molecule has 0 spiro atoms. The highest BCUT2D eigenvalue weighted by atomic mass is 16.5. The van der Waals surface area contributed by atoms with Crippen LogP contribution in [-0.2, 0) is 10.3 Å². The smallest absolute Gasteiger partial charge is 0.161 e. The standard InChI is InChI=1S/C24H28O3/c1-4-24(26-3,17-16-19-10-6-5-7-11-19)20-14-15-22(25-2)23(18-20)27-21-12-8-9-13-21/h5-7,10-11,14-15,18,21H,4,8-9,12-13H2,1-3H3. The first-order valence-corrected chi connectivity index (χ1v) is 9.69. The van der Waals surface area contributed by atoms with Gasteiger partial charge >= 0.3 is 0 Å². The van der Waals surface area contributed by atoms with Crippen LogP contribution in [0.15, 0.2) is 48.5 Å². The molecule has 2 aromatic carbocycles. The molecule has 1 saturated carbocycles. The van der Waals surface area contributed by atoms with Crippen LogP contribution in [0.2, 0.25) is 0 Å². The molecule has 0 saturated heterocycles. The number of ether oxygens (including phenoxy) is 3. The minimum Gasteiger partial charge on any atom is -0.493 e. The Kier molecular flexibility index (Phi) is 6.42. The molecule has 1 fully saturated rings. The summed E-state index contributed by atoms with van der Waals surface area (Å²) in [6.07, 6.45) is 5.66. The van der Waals surface area contributed by atoms with Crippen molar-refractivity contribution in [2.75, 3.05) is 14.2 Å². The molecule has 0 bridgehead atoms. The summed E-state index contributed by atoms with van der Waals surface area (Å²) in [6, 6.07) is 16.0. The molecule has 1 aliphatic carbocycles. The number of methoxy groups -OCH3 is 2. The van der Waals surface area contributed by atoms with Crippen molar-refractivity contribution < 1.29 is 14.2 Å². The maximum Gasteiger partial charge on any atom is 0.161 e. The van der Waals surface area contributed by atoms with E-state index in [4.69, 9.17) is 14.2 Å². The largest absolute Gasteiger partial charge is 0.493 e. The molecule has 0 heterocycles. The van der Waals surface area contributed by atoms with Crippen molar-refractivity contribution in [2.24, 2.45) is 0 Å². The van der Waals surface area contributed by atoms with E-state index in [9.17, 15) is 0 Å². The second-order valence-electron chi connectivity index (χ2n) is 6.89. The van der Waals surface area contributed by atoms with E-state index in [1.54, 1.807) is 14.2 Å². The molecule has 0 aliphatic heterocycles. The third-order valence-electron chi connectivity index (χ3n) is 5.25. The normalized spacial score (nSPS) is 16.3. The predicted octanol–water partition coefficient (Wildman–Crippen LogP) is 5.32. The van der Waals surface area contributed by atoms with E-state index in [2.05, 4.69) is 18.8 Å². The Hall–Kier alpha value is -2.44. The molecule has 1 unspecified atom stereocenters. The van der Waals surface area contributed by atoms with E-state index in [0.29, 0.717) is 0 Å². The Morgan fingerprint density at radius 2 is 1.74 bits per heavy atom. The highest BCUT2D eigenvalue weighted by Gasteiger charge is 2.30. The Labute approximate surface area is 162 Å². The Morgan fingerprint density at radius 1 is 1.00 bits per heavy atom. The second kappa shape index (κ2) is 8.97. The lowest BCUT2D eigenvalue weighted by atomic mass is 9.90. The molecule has 142 valence electrons. The van der Waals surface area contributed by atoms with Crippen molar-refractivity contribution in [1.82, 2.24) is 0 Å². The van der Waals surface area contributed by atoms with E-state index >= 15 is 0 Å². The quantitative estimate of drug-likeness (QED) is 0.649. The van der Waals surface area contributed by atoms with Gasteiger partial charge in [0.25, 0.3) is 0 Å². The first-order chi connectivity index (χ1) is 13.2. The SMILES string of the molecule is CCC(C#Cc1ccccc1)(OC)c1ccc(OC)c(OC2CCCC2)c1. The van der Waals surface area contributed by atoms with Gasteiger partial charge in [0.1, 0.15) is 0 Å². The highest BCUT2D eigenvalue weighted by Crippen LogP contribution is 2.37. The van der Waals surface area contributed by atoms with Crippen molar-refractivity contribution in [3.63, 3.8) is 0 Å². The van der Waals surface area contributed by atoms with E-state index < -0.39 is 5.60 Å². The number of hydrogen-bond acceptors (Lipinski definition) is 3. The number of hydrogen-bond donors (Lipinski definition) is 0. The number of rotatable bonds is 6. The Morgan fingerprint density at radius 3 is 2.37 bits per heavy atom. The molecule has 0 amide bonds.